The van der Waals surface area contributed by atoms with Crippen molar-refractivity contribution < 1.29 is 19.4 Å². The molecule has 0 saturated carbocycles. The van der Waals surface area contributed by atoms with Crippen LogP contribution in [0.1, 0.15) is 11.6 Å². The van der Waals surface area contributed by atoms with E-state index < -0.39 is 16.7 Å². The minimum absolute atomic E-state index is 0.0256. The van der Waals surface area contributed by atoms with Gasteiger partial charge in [-0.05, 0) is 24.3 Å². The summed E-state index contributed by atoms with van der Waals surface area (Å²) in [4.78, 5) is 37.5. The maximum absolute atomic E-state index is 12.2. The Bertz CT molecular complexity index is 863. The lowest BCUT2D eigenvalue weighted by Gasteiger charge is -2.23. The number of non-ortho nitro benzene ring substituents is 1. The maximum atomic E-state index is 12.2. The van der Waals surface area contributed by atoms with Crippen LogP contribution >= 0.6 is 0 Å². The molecule has 9 nitrogen and oxygen atoms in total. The number of anilines is 2. The molecule has 29 heavy (non-hydrogen) atoms. The Kier molecular flexibility index (Phi) is 7.27. The predicted octanol–water partition coefficient (Wildman–Crippen LogP) is 0.601. The molecule has 0 spiro atoms. The lowest BCUT2D eigenvalue weighted by molar-refractivity contribution is -0.890. The normalized spacial score (nSPS) is 11.6. The molecule has 2 aromatic carbocycles. The van der Waals surface area contributed by atoms with Crippen molar-refractivity contribution in [2.75, 3.05) is 45.0 Å². The van der Waals surface area contributed by atoms with Gasteiger partial charge in [-0.1, -0.05) is 12.1 Å². The standard InChI is InChI=1S/C20H25N5O4/c1-23(2)16-9-5-14(6-10-16)18(24(3)4)13-21-19(26)20(27)22-15-7-11-17(12-8-15)25(28)29/h5-12,18H,13H2,1-4H3,(H,21,26)(H,22,27)/p+1/t18-/m0/s1. The van der Waals surface area contributed by atoms with E-state index in [-0.39, 0.29) is 18.3 Å². The Morgan fingerprint density at radius 3 is 2.10 bits per heavy atom. The average Bonchev–Trinajstić information content (AvgIpc) is 2.68. The third-order valence-corrected chi connectivity index (χ3v) is 4.52. The zero-order valence-corrected chi connectivity index (χ0v) is 16.9. The summed E-state index contributed by atoms with van der Waals surface area (Å²) in [5.41, 5.74) is 2.34. The van der Waals surface area contributed by atoms with Gasteiger partial charge in [0.1, 0.15) is 6.04 Å². The van der Waals surface area contributed by atoms with Gasteiger partial charge in [0.05, 0.1) is 25.6 Å². The van der Waals surface area contributed by atoms with Gasteiger partial charge in [0.25, 0.3) is 5.69 Å². The SMILES string of the molecule is CN(C)c1ccc([C@H](CNC(=O)C(=O)Nc2ccc([N+](=O)[O-])cc2)[NH+](C)C)cc1. The molecule has 2 rings (SSSR count). The van der Waals surface area contributed by atoms with Crippen LogP contribution in [0.15, 0.2) is 48.5 Å². The van der Waals surface area contributed by atoms with Crippen molar-refractivity contribution >= 4 is 28.9 Å². The third kappa shape index (κ3) is 6.01. The van der Waals surface area contributed by atoms with Crippen LogP contribution < -0.4 is 20.4 Å². The van der Waals surface area contributed by atoms with Gasteiger partial charge in [0.15, 0.2) is 0 Å². The molecule has 2 amide bonds. The van der Waals surface area contributed by atoms with E-state index in [1.54, 1.807) is 0 Å². The van der Waals surface area contributed by atoms with Gasteiger partial charge in [-0.2, -0.15) is 0 Å². The van der Waals surface area contributed by atoms with Crippen LogP contribution in [-0.4, -0.2) is 51.5 Å². The van der Waals surface area contributed by atoms with Crippen molar-refractivity contribution in [2.24, 2.45) is 0 Å². The van der Waals surface area contributed by atoms with Gasteiger partial charge in [0.2, 0.25) is 0 Å². The Morgan fingerprint density at radius 1 is 1.03 bits per heavy atom. The van der Waals surface area contributed by atoms with Gasteiger partial charge in [-0.3, -0.25) is 19.7 Å². The molecule has 0 unspecified atom stereocenters. The molecule has 0 aromatic heterocycles. The predicted molar refractivity (Wildman–Crippen MR) is 111 cm³/mol. The van der Waals surface area contributed by atoms with Crippen molar-refractivity contribution in [1.29, 1.82) is 0 Å². The Balaban J connectivity index is 1.97. The van der Waals surface area contributed by atoms with E-state index in [0.29, 0.717) is 5.69 Å². The van der Waals surface area contributed by atoms with Crippen LogP contribution in [-0.2, 0) is 9.59 Å². The molecule has 154 valence electrons. The fraction of sp³-hybridized carbons (Fsp3) is 0.300. The van der Waals surface area contributed by atoms with Gasteiger partial charge in [-0.25, -0.2) is 0 Å². The molecule has 0 radical (unpaired) electrons. The minimum atomic E-state index is -0.825. The molecule has 0 fully saturated rings. The number of carbonyl (C=O) groups excluding carboxylic acids is 2. The van der Waals surface area contributed by atoms with Gasteiger partial charge in [0, 0.05) is 43.2 Å². The van der Waals surface area contributed by atoms with Crippen LogP contribution in [0.5, 0.6) is 0 Å². The average molecular weight is 400 g/mol. The molecule has 9 heteroatoms. The number of quaternary nitrogens is 1. The van der Waals surface area contributed by atoms with Gasteiger partial charge < -0.3 is 20.4 Å². The molecule has 0 aliphatic carbocycles. The smallest absolute Gasteiger partial charge is 0.313 e. The highest BCUT2D eigenvalue weighted by molar-refractivity contribution is 6.39. The number of hydrogen-bond acceptors (Lipinski definition) is 5. The lowest BCUT2D eigenvalue weighted by atomic mass is 10.1. The van der Waals surface area contributed by atoms with Crippen LogP contribution in [0.2, 0.25) is 0 Å². The van der Waals surface area contributed by atoms with Crippen molar-refractivity contribution in [3.63, 3.8) is 0 Å². The van der Waals surface area contributed by atoms with Crippen molar-refractivity contribution in [3.05, 3.63) is 64.2 Å². The zero-order valence-electron chi connectivity index (χ0n) is 16.9. The summed E-state index contributed by atoms with van der Waals surface area (Å²) >= 11 is 0. The van der Waals surface area contributed by atoms with E-state index in [4.69, 9.17) is 0 Å². The quantitative estimate of drug-likeness (QED) is 0.358. The van der Waals surface area contributed by atoms with Crippen molar-refractivity contribution in [3.8, 4) is 0 Å². The van der Waals surface area contributed by atoms with Crippen molar-refractivity contribution in [1.82, 2.24) is 5.32 Å². The highest BCUT2D eigenvalue weighted by atomic mass is 16.6. The van der Waals surface area contributed by atoms with Crippen LogP contribution in [0, 0.1) is 10.1 Å². The summed E-state index contributed by atoms with van der Waals surface area (Å²) in [7, 11) is 7.89. The molecular weight excluding hydrogens is 374 g/mol. The number of amides is 2. The molecule has 0 heterocycles. The zero-order chi connectivity index (χ0) is 21.6. The Hall–Kier alpha value is -3.46. The summed E-state index contributed by atoms with van der Waals surface area (Å²) in [6.45, 7) is 0.288. The summed E-state index contributed by atoms with van der Waals surface area (Å²) in [5.74, 6) is -1.59. The number of nitro benzene ring substituents is 1. The third-order valence-electron chi connectivity index (χ3n) is 4.52. The molecule has 2 aromatic rings. The second-order valence-electron chi connectivity index (χ2n) is 7.08. The molecule has 3 N–H and O–H groups in total. The highest BCUT2D eigenvalue weighted by Crippen LogP contribution is 2.17. The summed E-state index contributed by atoms with van der Waals surface area (Å²) in [6.07, 6.45) is 0. The molecule has 0 bridgehead atoms. The van der Waals surface area contributed by atoms with Gasteiger partial charge in [-0.15, -0.1) is 0 Å². The molecule has 0 aliphatic rings. The first-order valence-electron chi connectivity index (χ1n) is 9.10. The molecule has 0 saturated heterocycles. The number of hydrogen-bond donors (Lipinski definition) is 3. The fourth-order valence-electron chi connectivity index (χ4n) is 2.79. The minimum Gasteiger partial charge on any atom is -0.378 e. The summed E-state index contributed by atoms with van der Waals surface area (Å²) in [6, 6.07) is 13.3. The number of nitro groups is 1. The van der Waals surface area contributed by atoms with E-state index in [1.807, 2.05) is 57.4 Å². The first-order valence-corrected chi connectivity index (χ1v) is 9.10. The Morgan fingerprint density at radius 2 is 1.62 bits per heavy atom. The molecule has 0 aliphatic heterocycles. The Labute approximate surface area is 169 Å². The second kappa shape index (κ2) is 9.65. The van der Waals surface area contributed by atoms with Crippen LogP contribution in [0.4, 0.5) is 17.1 Å². The second-order valence-corrected chi connectivity index (χ2v) is 7.08. The highest BCUT2D eigenvalue weighted by Gasteiger charge is 2.21. The first kappa shape index (κ1) is 21.8. The number of likely N-dealkylation sites (N-methyl/N-ethyl adjacent to an activating group) is 1. The fourth-order valence-corrected chi connectivity index (χ4v) is 2.79. The van der Waals surface area contributed by atoms with E-state index in [2.05, 4.69) is 10.6 Å². The largest absolute Gasteiger partial charge is 0.378 e. The van der Waals surface area contributed by atoms with E-state index in [0.717, 1.165) is 16.2 Å². The van der Waals surface area contributed by atoms with E-state index >= 15 is 0 Å². The number of nitrogens with one attached hydrogen (secondary N) is 3. The number of rotatable bonds is 7. The summed E-state index contributed by atoms with van der Waals surface area (Å²) in [5, 5.41) is 15.8. The van der Waals surface area contributed by atoms with Crippen LogP contribution in [0.3, 0.4) is 0 Å². The number of nitrogens with zero attached hydrogens (tertiary/aromatic N) is 2. The summed E-state index contributed by atoms with van der Waals surface area (Å²) < 4.78 is 0. The first-order chi connectivity index (χ1) is 13.7. The molecule has 1 atom stereocenters. The topological polar surface area (TPSA) is 109 Å². The molecular formula is C20H26N5O4+. The van der Waals surface area contributed by atoms with Crippen molar-refractivity contribution in [2.45, 2.75) is 6.04 Å². The lowest BCUT2D eigenvalue weighted by Crippen LogP contribution is -3.07. The maximum Gasteiger partial charge on any atom is 0.313 e. The number of carbonyl (C=O) groups is 2. The van der Waals surface area contributed by atoms with E-state index in [1.165, 1.54) is 24.3 Å². The van der Waals surface area contributed by atoms with E-state index in [9.17, 15) is 19.7 Å². The number of benzene rings is 2. The monoisotopic (exact) mass is 400 g/mol. The van der Waals surface area contributed by atoms with Crippen LogP contribution in [0.25, 0.3) is 0 Å². The van der Waals surface area contributed by atoms with Gasteiger partial charge >= 0.3 is 11.8 Å².